The number of benzene rings is 2. The number of hydrogen-bond donors (Lipinski definition) is 2. The van der Waals surface area contributed by atoms with Gasteiger partial charge < -0.3 is 29.2 Å². The number of nitrogens with zero attached hydrogens (tertiary/aromatic N) is 4. The number of aliphatic hydroxyl groups is 1. The first-order valence-corrected chi connectivity index (χ1v) is 16.7. The molecular formula is C33H41N5O7S. The zero-order chi connectivity index (χ0) is 33.3. The third-order valence-corrected chi connectivity index (χ3v) is 10.7. The lowest BCUT2D eigenvalue weighted by Gasteiger charge is -2.33. The van der Waals surface area contributed by atoms with E-state index in [1.165, 1.54) is 11.4 Å². The largest absolute Gasteiger partial charge is 0.488 e. The summed E-state index contributed by atoms with van der Waals surface area (Å²) in [7, 11) is -0.551. The van der Waals surface area contributed by atoms with E-state index in [0.717, 1.165) is 16.5 Å². The Hall–Kier alpha value is -4.20. The van der Waals surface area contributed by atoms with Crippen molar-refractivity contribution in [2.45, 2.75) is 57.6 Å². The molecule has 0 bridgehead atoms. The summed E-state index contributed by atoms with van der Waals surface area (Å²) < 4.78 is 41.9. The molecule has 3 heterocycles. The first-order chi connectivity index (χ1) is 21.8. The number of ether oxygens (including phenoxy) is 1. The normalized spacial score (nSPS) is 18.1. The molecule has 12 nitrogen and oxygen atoms in total. The number of rotatable bonds is 9. The van der Waals surface area contributed by atoms with Crippen molar-refractivity contribution in [3.05, 3.63) is 71.2 Å². The van der Waals surface area contributed by atoms with Crippen molar-refractivity contribution in [3.63, 3.8) is 0 Å². The molecular weight excluding hydrogens is 610 g/mol. The summed E-state index contributed by atoms with van der Waals surface area (Å²) in [5, 5.41) is 17.7. The maximum absolute atomic E-state index is 13.6. The van der Waals surface area contributed by atoms with E-state index < -0.39 is 22.2 Å². The molecule has 0 saturated carbocycles. The number of amides is 2. The minimum absolute atomic E-state index is 0.0145. The molecule has 4 aromatic rings. The first kappa shape index (κ1) is 33.2. The van der Waals surface area contributed by atoms with Crippen LogP contribution in [0, 0.1) is 19.8 Å². The average molecular weight is 652 g/mol. The third kappa shape index (κ3) is 6.67. The van der Waals surface area contributed by atoms with Crippen molar-refractivity contribution < 1.29 is 32.4 Å². The van der Waals surface area contributed by atoms with Crippen LogP contribution >= 0.6 is 0 Å². The van der Waals surface area contributed by atoms with E-state index in [9.17, 15) is 23.1 Å². The lowest BCUT2D eigenvalue weighted by Crippen LogP contribution is -2.48. The fourth-order valence-electron chi connectivity index (χ4n) is 6.02. The molecule has 3 atom stereocenters. The van der Waals surface area contributed by atoms with E-state index in [2.05, 4.69) is 10.5 Å². The van der Waals surface area contributed by atoms with Crippen molar-refractivity contribution in [3.8, 4) is 5.75 Å². The molecule has 246 valence electrons. The van der Waals surface area contributed by atoms with E-state index in [-0.39, 0.29) is 66.6 Å². The van der Waals surface area contributed by atoms with Gasteiger partial charge in [-0.1, -0.05) is 30.3 Å². The Morgan fingerprint density at radius 1 is 1.22 bits per heavy atom. The Bertz CT molecular complexity index is 1850. The highest BCUT2D eigenvalue weighted by Gasteiger charge is 2.35. The van der Waals surface area contributed by atoms with Crippen LogP contribution in [0.4, 0.5) is 5.69 Å². The minimum Gasteiger partial charge on any atom is -0.488 e. The number of fused-ring (bicyclic) bond motifs is 2. The zero-order valence-electron chi connectivity index (χ0n) is 27.0. The number of para-hydroxylation sites is 1. The summed E-state index contributed by atoms with van der Waals surface area (Å²) in [6.45, 7) is 6.76. The summed E-state index contributed by atoms with van der Waals surface area (Å²) in [6.07, 6.45) is 1.42. The Balaban J connectivity index is 1.42. The van der Waals surface area contributed by atoms with Gasteiger partial charge in [-0.25, -0.2) is 8.42 Å². The average Bonchev–Trinajstić information content (AvgIpc) is 3.53. The molecule has 0 aliphatic carbocycles. The van der Waals surface area contributed by atoms with Crippen LogP contribution in [0.5, 0.6) is 5.75 Å². The molecule has 2 N–H and O–H groups in total. The van der Waals surface area contributed by atoms with Gasteiger partial charge in [0.05, 0.1) is 32.0 Å². The molecule has 2 aromatic heterocycles. The van der Waals surface area contributed by atoms with Gasteiger partial charge in [-0.2, -0.15) is 4.31 Å². The number of anilines is 1. The lowest BCUT2D eigenvalue weighted by molar-refractivity contribution is -0.134. The van der Waals surface area contributed by atoms with Gasteiger partial charge in [0.25, 0.3) is 0 Å². The molecule has 0 fully saturated rings. The smallest absolute Gasteiger partial charge is 0.248 e. The standard InChI is InChI=1S/C33H41N5O7S/c1-20-16-38(21(2)19-39)32(41)15-24-13-26(34-31(40)14-25-17-36(5)28-10-8-7-9-27(25)28)11-12-29(24)44-30(20)18-37(6)46(42,43)33-22(3)35-45-23(33)4/h7-13,17,20-21,30,39H,14-16,18-19H2,1-6H3,(H,34,40)/t20-,21-,30-/m1/s1. The summed E-state index contributed by atoms with van der Waals surface area (Å²) >= 11 is 0. The number of carbonyl (C=O) groups excluding carboxylic acids is 2. The van der Waals surface area contributed by atoms with Crippen LogP contribution in [0.25, 0.3) is 10.9 Å². The van der Waals surface area contributed by atoms with E-state index in [1.54, 1.807) is 43.9 Å². The van der Waals surface area contributed by atoms with Crippen molar-refractivity contribution in [2.24, 2.45) is 13.0 Å². The fourth-order valence-corrected chi connectivity index (χ4v) is 7.49. The number of carbonyl (C=O) groups is 2. The van der Waals surface area contributed by atoms with Gasteiger partial charge in [0, 0.05) is 54.9 Å². The molecule has 5 rings (SSSR count). The SMILES string of the molecule is Cc1noc(C)c1S(=O)(=O)N(C)C[C@H]1Oc2ccc(NC(=O)Cc3cn(C)c4ccccc34)cc2CC(=O)N([C@H](C)CO)C[C@H]1C. The maximum atomic E-state index is 13.6. The highest BCUT2D eigenvalue weighted by Crippen LogP contribution is 2.31. The van der Waals surface area contributed by atoms with Crippen LogP contribution in [-0.2, 0) is 39.5 Å². The fraction of sp³-hybridized carbons (Fsp3) is 0.424. The second-order valence-electron chi connectivity index (χ2n) is 12.2. The Kier molecular flexibility index (Phi) is 9.57. The quantitative estimate of drug-likeness (QED) is 0.280. The van der Waals surface area contributed by atoms with E-state index in [1.807, 2.05) is 49.0 Å². The molecule has 1 aliphatic heterocycles. The van der Waals surface area contributed by atoms with Crippen molar-refractivity contribution in [1.29, 1.82) is 0 Å². The molecule has 2 amide bonds. The monoisotopic (exact) mass is 651 g/mol. The minimum atomic E-state index is -3.96. The first-order valence-electron chi connectivity index (χ1n) is 15.2. The van der Waals surface area contributed by atoms with Gasteiger partial charge in [-0.05, 0) is 50.6 Å². The maximum Gasteiger partial charge on any atom is 0.248 e. The molecule has 0 unspecified atom stereocenters. The van der Waals surface area contributed by atoms with E-state index in [0.29, 0.717) is 17.0 Å². The summed E-state index contributed by atoms with van der Waals surface area (Å²) in [5.74, 6) is -0.124. The third-order valence-electron chi connectivity index (χ3n) is 8.60. The number of nitrogens with one attached hydrogen (secondary N) is 1. The second-order valence-corrected chi connectivity index (χ2v) is 14.1. The molecule has 0 spiro atoms. The van der Waals surface area contributed by atoms with Crippen molar-refractivity contribution >= 4 is 38.4 Å². The Labute approximate surface area is 269 Å². The predicted molar refractivity (Wildman–Crippen MR) is 173 cm³/mol. The van der Waals surface area contributed by atoms with Gasteiger partial charge in [-0.15, -0.1) is 0 Å². The predicted octanol–water partition coefficient (Wildman–Crippen LogP) is 3.43. The molecule has 0 saturated heterocycles. The highest BCUT2D eigenvalue weighted by atomic mass is 32.2. The van der Waals surface area contributed by atoms with Crippen LogP contribution in [0.2, 0.25) is 0 Å². The van der Waals surface area contributed by atoms with Crippen molar-refractivity contribution in [2.75, 3.05) is 32.1 Å². The summed E-state index contributed by atoms with van der Waals surface area (Å²) in [5.41, 5.74) is 3.25. The van der Waals surface area contributed by atoms with Gasteiger partial charge in [-0.3, -0.25) is 9.59 Å². The number of aryl methyl sites for hydroxylation is 3. The molecule has 46 heavy (non-hydrogen) atoms. The van der Waals surface area contributed by atoms with Crippen LogP contribution in [0.3, 0.4) is 0 Å². The van der Waals surface area contributed by atoms with Crippen molar-refractivity contribution in [1.82, 2.24) is 18.9 Å². The van der Waals surface area contributed by atoms with Crippen LogP contribution in [-0.4, -0.2) is 83.2 Å². The van der Waals surface area contributed by atoms with Gasteiger partial charge in [0.15, 0.2) is 5.76 Å². The molecule has 2 aromatic carbocycles. The summed E-state index contributed by atoms with van der Waals surface area (Å²) in [6, 6.07) is 12.5. The lowest BCUT2D eigenvalue weighted by atomic mass is 10.0. The number of hydrogen-bond acceptors (Lipinski definition) is 8. The van der Waals surface area contributed by atoms with Gasteiger partial charge in [0.2, 0.25) is 21.8 Å². The number of aliphatic hydroxyl groups excluding tert-OH is 1. The van der Waals surface area contributed by atoms with E-state index in [4.69, 9.17) is 9.26 Å². The zero-order valence-corrected chi connectivity index (χ0v) is 27.8. The second kappa shape index (κ2) is 13.3. The topological polar surface area (TPSA) is 147 Å². The number of likely N-dealkylation sites (N-methyl/N-ethyl adjacent to an activating group) is 1. The molecule has 0 radical (unpaired) electrons. The van der Waals surface area contributed by atoms with Gasteiger partial charge >= 0.3 is 0 Å². The van der Waals surface area contributed by atoms with Crippen LogP contribution in [0.15, 0.2) is 58.1 Å². The Morgan fingerprint density at radius 3 is 2.65 bits per heavy atom. The number of aromatic nitrogens is 2. The molecule has 1 aliphatic rings. The summed E-state index contributed by atoms with van der Waals surface area (Å²) in [4.78, 5) is 28.4. The Morgan fingerprint density at radius 2 is 1.96 bits per heavy atom. The van der Waals surface area contributed by atoms with Crippen LogP contribution < -0.4 is 10.1 Å². The van der Waals surface area contributed by atoms with Gasteiger partial charge in [0.1, 0.15) is 22.4 Å². The van der Waals surface area contributed by atoms with Crippen LogP contribution in [0.1, 0.15) is 36.4 Å². The highest BCUT2D eigenvalue weighted by molar-refractivity contribution is 7.89. The molecule has 13 heteroatoms. The number of sulfonamides is 1. The van der Waals surface area contributed by atoms with E-state index >= 15 is 0 Å².